The van der Waals surface area contributed by atoms with Gasteiger partial charge in [0, 0.05) is 25.6 Å². The number of carbonyl (C=O) groups excluding carboxylic acids is 1. The van der Waals surface area contributed by atoms with Crippen LogP contribution in [0.1, 0.15) is 37.8 Å². The molecule has 4 nitrogen and oxygen atoms in total. The third-order valence-electron chi connectivity index (χ3n) is 4.38. The second kappa shape index (κ2) is 8.18. The van der Waals surface area contributed by atoms with Gasteiger partial charge in [-0.3, -0.25) is 0 Å². The fraction of sp³-hybridized carbons (Fsp3) is 0.611. The number of nitrogens with one attached hydrogen (secondary N) is 2. The number of hydrogen-bond acceptors (Lipinski definition) is 2. The molecule has 2 unspecified atom stereocenters. The lowest BCUT2D eigenvalue weighted by molar-refractivity contribution is -0.0508. The number of hydrogen-bond donors (Lipinski definition) is 2. The molecule has 2 amide bonds. The smallest absolute Gasteiger partial charge is 0.315 e. The zero-order chi connectivity index (χ0) is 15.9. The number of carbonyl (C=O) groups is 1. The largest absolute Gasteiger partial charge is 0.378 e. The van der Waals surface area contributed by atoms with Gasteiger partial charge in [-0.25, -0.2) is 4.79 Å². The van der Waals surface area contributed by atoms with Gasteiger partial charge in [-0.15, -0.1) is 0 Å². The molecule has 1 aromatic rings. The van der Waals surface area contributed by atoms with Crippen molar-refractivity contribution < 1.29 is 9.53 Å². The molecule has 1 saturated heterocycles. The van der Waals surface area contributed by atoms with Gasteiger partial charge in [0.05, 0.1) is 6.10 Å². The maximum atomic E-state index is 12.0. The first kappa shape index (κ1) is 16.8. The summed E-state index contributed by atoms with van der Waals surface area (Å²) in [7, 11) is 0. The normalized spacial score (nSPS) is 21.6. The van der Waals surface area contributed by atoms with Gasteiger partial charge in [0.15, 0.2) is 0 Å². The minimum absolute atomic E-state index is 0.101. The summed E-state index contributed by atoms with van der Waals surface area (Å²) < 4.78 is 5.86. The summed E-state index contributed by atoms with van der Waals surface area (Å²) in [6, 6.07) is 8.00. The molecular formula is C18H28N2O2. The van der Waals surface area contributed by atoms with Gasteiger partial charge < -0.3 is 15.4 Å². The third-order valence-corrected chi connectivity index (χ3v) is 4.38. The Kier molecular flexibility index (Phi) is 6.25. The molecule has 22 heavy (non-hydrogen) atoms. The van der Waals surface area contributed by atoms with E-state index in [1.54, 1.807) is 0 Å². The van der Waals surface area contributed by atoms with Crippen LogP contribution in [0.2, 0.25) is 0 Å². The van der Waals surface area contributed by atoms with Crippen LogP contribution in [0.3, 0.4) is 0 Å². The molecular weight excluding hydrogens is 276 g/mol. The third kappa shape index (κ3) is 4.73. The van der Waals surface area contributed by atoms with Crippen LogP contribution in [0.25, 0.3) is 0 Å². The second-order valence-electron chi connectivity index (χ2n) is 6.47. The lowest BCUT2D eigenvalue weighted by Crippen LogP contribution is -2.44. The molecule has 0 radical (unpaired) electrons. The highest BCUT2D eigenvalue weighted by Crippen LogP contribution is 2.25. The van der Waals surface area contributed by atoms with E-state index in [1.807, 2.05) is 18.2 Å². The average molecular weight is 304 g/mol. The van der Waals surface area contributed by atoms with E-state index in [2.05, 4.69) is 37.5 Å². The lowest BCUT2D eigenvalue weighted by Gasteiger charge is -2.34. The van der Waals surface area contributed by atoms with Crippen LogP contribution in [0, 0.1) is 18.8 Å². The molecule has 0 aliphatic carbocycles. The van der Waals surface area contributed by atoms with Gasteiger partial charge in [-0.1, -0.05) is 38.1 Å². The summed E-state index contributed by atoms with van der Waals surface area (Å²) >= 11 is 0. The van der Waals surface area contributed by atoms with Crippen LogP contribution in [0.4, 0.5) is 4.79 Å². The molecule has 1 aromatic carbocycles. The molecule has 1 aliphatic heterocycles. The Bertz CT molecular complexity index is 488. The molecule has 1 aliphatic rings. The molecule has 0 saturated carbocycles. The molecule has 2 rings (SSSR count). The first-order valence-corrected chi connectivity index (χ1v) is 8.25. The fourth-order valence-corrected chi connectivity index (χ4v) is 3.09. The first-order chi connectivity index (χ1) is 10.6. The van der Waals surface area contributed by atoms with Crippen LogP contribution in [0.15, 0.2) is 24.3 Å². The van der Waals surface area contributed by atoms with Crippen molar-refractivity contribution in [1.29, 1.82) is 0 Å². The lowest BCUT2D eigenvalue weighted by atomic mass is 9.87. The second-order valence-corrected chi connectivity index (χ2v) is 6.47. The van der Waals surface area contributed by atoms with Gasteiger partial charge in [0.25, 0.3) is 0 Å². The van der Waals surface area contributed by atoms with Crippen molar-refractivity contribution in [2.45, 2.75) is 46.3 Å². The van der Waals surface area contributed by atoms with E-state index in [9.17, 15) is 4.79 Å². The monoisotopic (exact) mass is 304 g/mol. The van der Waals surface area contributed by atoms with E-state index in [1.165, 1.54) is 5.56 Å². The quantitative estimate of drug-likeness (QED) is 0.877. The minimum Gasteiger partial charge on any atom is -0.378 e. The number of aryl methyl sites for hydroxylation is 1. The summed E-state index contributed by atoms with van der Waals surface area (Å²) in [6.07, 6.45) is 2.46. The highest BCUT2D eigenvalue weighted by atomic mass is 16.5. The van der Waals surface area contributed by atoms with Crippen molar-refractivity contribution in [2.24, 2.45) is 11.8 Å². The molecule has 0 bridgehead atoms. The summed E-state index contributed by atoms with van der Waals surface area (Å²) in [6.45, 7) is 8.51. The molecule has 4 heteroatoms. The van der Waals surface area contributed by atoms with Crippen LogP contribution in [0.5, 0.6) is 0 Å². The zero-order valence-corrected chi connectivity index (χ0v) is 13.9. The maximum absolute atomic E-state index is 12.0. The molecule has 1 heterocycles. The topological polar surface area (TPSA) is 50.4 Å². The molecule has 2 N–H and O–H groups in total. The van der Waals surface area contributed by atoms with Gasteiger partial charge >= 0.3 is 6.03 Å². The number of rotatable bonds is 5. The minimum atomic E-state index is -0.101. The van der Waals surface area contributed by atoms with Crippen LogP contribution in [-0.2, 0) is 11.3 Å². The summed E-state index contributed by atoms with van der Waals surface area (Å²) in [4.78, 5) is 12.0. The van der Waals surface area contributed by atoms with Crippen LogP contribution >= 0.6 is 0 Å². The van der Waals surface area contributed by atoms with Gasteiger partial charge in [-0.05, 0) is 36.8 Å². The molecule has 122 valence electrons. The summed E-state index contributed by atoms with van der Waals surface area (Å²) in [5, 5.41) is 5.93. The van der Waals surface area contributed by atoms with Crippen molar-refractivity contribution in [3.63, 3.8) is 0 Å². The maximum Gasteiger partial charge on any atom is 0.315 e. The Morgan fingerprint density at radius 3 is 2.82 bits per heavy atom. The molecule has 2 atom stereocenters. The van der Waals surface area contributed by atoms with Crippen molar-refractivity contribution in [2.75, 3.05) is 13.2 Å². The van der Waals surface area contributed by atoms with E-state index in [-0.39, 0.29) is 12.1 Å². The molecule has 0 aromatic heterocycles. The Balaban J connectivity index is 1.76. The van der Waals surface area contributed by atoms with Gasteiger partial charge in [0.1, 0.15) is 0 Å². The van der Waals surface area contributed by atoms with E-state index in [4.69, 9.17) is 4.74 Å². The van der Waals surface area contributed by atoms with E-state index >= 15 is 0 Å². The average Bonchev–Trinajstić information content (AvgIpc) is 2.52. The van der Waals surface area contributed by atoms with Crippen LogP contribution in [-0.4, -0.2) is 25.3 Å². The summed E-state index contributed by atoms with van der Waals surface area (Å²) in [5.74, 6) is 0.903. The molecule has 0 spiro atoms. The summed E-state index contributed by atoms with van der Waals surface area (Å²) in [5.41, 5.74) is 2.35. The first-order valence-electron chi connectivity index (χ1n) is 8.25. The predicted octanol–water partition coefficient (Wildman–Crippen LogP) is 3.25. The number of amides is 2. The highest BCUT2D eigenvalue weighted by Gasteiger charge is 2.28. The standard InChI is InChI=1S/C18H28N2O2/c1-13(2)17-16(9-6-10-22-17)12-20-18(21)19-11-15-8-5-4-7-14(15)3/h4-5,7-8,13,16-17H,6,9-12H2,1-3H3,(H2,19,20,21). The highest BCUT2D eigenvalue weighted by molar-refractivity contribution is 5.73. The molecule has 1 fully saturated rings. The number of benzene rings is 1. The van der Waals surface area contributed by atoms with Gasteiger partial charge in [-0.2, -0.15) is 0 Å². The van der Waals surface area contributed by atoms with Crippen molar-refractivity contribution in [3.05, 3.63) is 35.4 Å². The van der Waals surface area contributed by atoms with Crippen molar-refractivity contribution in [1.82, 2.24) is 10.6 Å². The van der Waals surface area contributed by atoms with Gasteiger partial charge in [0.2, 0.25) is 0 Å². The van der Waals surface area contributed by atoms with Crippen molar-refractivity contribution in [3.8, 4) is 0 Å². The Morgan fingerprint density at radius 2 is 2.09 bits per heavy atom. The SMILES string of the molecule is Cc1ccccc1CNC(=O)NCC1CCCOC1C(C)C. The van der Waals surface area contributed by atoms with E-state index < -0.39 is 0 Å². The zero-order valence-electron chi connectivity index (χ0n) is 13.9. The Morgan fingerprint density at radius 1 is 1.32 bits per heavy atom. The Hall–Kier alpha value is -1.55. The number of ether oxygens (including phenoxy) is 1. The van der Waals surface area contributed by atoms with Crippen molar-refractivity contribution >= 4 is 6.03 Å². The predicted molar refractivity (Wildman–Crippen MR) is 88.7 cm³/mol. The van der Waals surface area contributed by atoms with E-state index in [0.29, 0.717) is 24.9 Å². The van der Waals surface area contributed by atoms with E-state index in [0.717, 1.165) is 25.0 Å². The number of urea groups is 1. The fourth-order valence-electron chi connectivity index (χ4n) is 3.09. The Labute approximate surface area is 133 Å². The van der Waals surface area contributed by atoms with Crippen LogP contribution < -0.4 is 10.6 Å².